The summed E-state index contributed by atoms with van der Waals surface area (Å²) in [6.07, 6.45) is 1.76. The third-order valence-electron chi connectivity index (χ3n) is 3.91. The molecule has 0 radical (unpaired) electrons. The van der Waals surface area contributed by atoms with Gasteiger partial charge in [0.25, 0.3) is 5.91 Å². The van der Waals surface area contributed by atoms with E-state index in [1.807, 2.05) is 24.3 Å². The molecular formula is C21H25BrN2O2S. The van der Waals surface area contributed by atoms with Gasteiger partial charge in [-0.05, 0) is 54.7 Å². The van der Waals surface area contributed by atoms with Crippen LogP contribution >= 0.6 is 28.1 Å². The van der Waals surface area contributed by atoms with Gasteiger partial charge in [0.15, 0.2) is 5.11 Å². The first-order valence-electron chi connectivity index (χ1n) is 9.01. The van der Waals surface area contributed by atoms with Gasteiger partial charge in [0.2, 0.25) is 0 Å². The van der Waals surface area contributed by atoms with Crippen LogP contribution in [0.25, 0.3) is 0 Å². The fourth-order valence-corrected chi connectivity index (χ4v) is 2.95. The standard InChI is InChI=1S/C21H25BrN2O2S/c1-15(2)11-13-26-19-9-8-17(22)14-18(19)20(25)24-21(27)23-12-10-16-6-4-3-5-7-16/h3-9,14-15H,10-13H2,1-2H3,(H2,23,24,25,27). The van der Waals surface area contributed by atoms with Crippen LogP contribution in [0.3, 0.4) is 0 Å². The van der Waals surface area contributed by atoms with Crippen molar-refractivity contribution in [3.05, 3.63) is 64.1 Å². The van der Waals surface area contributed by atoms with Gasteiger partial charge in [-0.15, -0.1) is 0 Å². The van der Waals surface area contributed by atoms with Crippen molar-refractivity contribution in [1.29, 1.82) is 0 Å². The number of hydrogen-bond donors (Lipinski definition) is 2. The molecule has 0 aliphatic rings. The zero-order chi connectivity index (χ0) is 19.6. The van der Waals surface area contributed by atoms with Gasteiger partial charge in [0.05, 0.1) is 12.2 Å². The van der Waals surface area contributed by atoms with Gasteiger partial charge < -0.3 is 10.1 Å². The predicted molar refractivity (Wildman–Crippen MR) is 117 cm³/mol. The molecule has 0 aliphatic carbocycles. The predicted octanol–water partition coefficient (Wildman–Crippen LogP) is 4.72. The fraction of sp³-hybridized carbons (Fsp3) is 0.333. The Morgan fingerprint density at radius 1 is 1.19 bits per heavy atom. The summed E-state index contributed by atoms with van der Waals surface area (Å²) in [4.78, 5) is 12.6. The molecule has 2 aromatic carbocycles. The molecule has 2 N–H and O–H groups in total. The largest absolute Gasteiger partial charge is 0.493 e. The number of hydrogen-bond acceptors (Lipinski definition) is 3. The van der Waals surface area contributed by atoms with Crippen molar-refractivity contribution in [3.63, 3.8) is 0 Å². The number of carbonyl (C=O) groups is 1. The average molecular weight is 449 g/mol. The molecule has 0 atom stereocenters. The van der Waals surface area contributed by atoms with E-state index >= 15 is 0 Å². The Balaban J connectivity index is 1.89. The van der Waals surface area contributed by atoms with Crippen LogP contribution in [0.1, 0.15) is 36.2 Å². The second kappa shape index (κ2) is 11.0. The number of benzene rings is 2. The second-order valence-electron chi connectivity index (χ2n) is 6.62. The molecule has 0 fully saturated rings. The molecule has 2 rings (SSSR count). The van der Waals surface area contributed by atoms with E-state index in [0.29, 0.717) is 35.5 Å². The topological polar surface area (TPSA) is 50.4 Å². The smallest absolute Gasteiger partial charge is 0.261 e. The van der Waals surface area contributed by atoms with Gasteiger partial charge in [0.1, 0.15) is 5.75 Å². The zero-order valence-electron chi connectivity index (χ0n) is 15.6. The quantitative estimate of drug-likeness (QED) is 0.573. The molecule has 4 nitrogen and oxygen atoms in total. The Labute approximate surface area is 174 Å². The van der Waals surface area contributed by atoms with Gasteiger partial charge >= 0.3 is 0 Å². The van der Waals surface area contributed by atoms with E-state index in [0.717, 1.165) is 17.3 Å². The van der Waals surface area contributed by atoms with Crippen molar-refractivity contribution in [2.24, 2.45) is 5.92 Å². The summed E-state index contributed by atoms with van der Waals surface area (Å²) in [6.45, 7) is 5.49. The van der Waals surface area contributed by atoms with Crippen LogP contribution in [0.15, 0.2) is 53.0 Å². The summed E-state index contributed by atoms with van der Waals surface area (Å²) in [5.74, 6) is 0.815. The van der Waals surface area contributed by atoms with Gasteiger partial charge in [-0.1, -0.05) is 60.1 Å². The Kier molecular flexibility index (Phi) is 8.75. The van der Waals surface area contributed by atoms with E-state index in [1.165, 1.54) is 5.56 Å². The van der Waals surface area contributed by atoms with Crippen molar-refractivity contribution in [1.82, 2.24) is 10.6 Å². The number of thiocarbonyl (C=S) groups is 1. The first-order chi connectivity index (χ1) is 13.0. The Hall–Kier alpha value is -1.92. The highest BCUT2D eigenvalue weighted by atomic mass is 79.9. The minimum atomic E-state index is -0.284. The summed E-state index contributed by atoms with van der Waals surface area (Å²) in [7, 11) is 0. The highest BCUT2D eigenvalue weighted by Gasteiger charge is 2.15. The number of ether oxygens (including phenoxy) is 1. The third-order valence-corrected chi connectivity index (χ3v) is 4.65. The first-order valence-corrected chi connectivity index (χ1v) is 10.2. The van der Waals surface area contributed by atoms with Crippen LogP contribution in [0, 0.1) is 5.92 Å². The van der Waals surface area contributed by atoms with Crippen molar-refractivity contribution < 1.29 is 9.53 Å². The van der Waals surface area contributed by atoms with Crippen LogP contribution in [-0.4, -0.2) is 24.2 Å². The van der Waals surface area contributed by atoms with E-state index < -0.39 is 0 Å². The molecule has 0 aromatic heterocycles. The zero-order valence-corrected chi connectivity index (χ0v) is 18.0. The fourth-order valence-electron chi connectivity index (χ4n) is 2.39. The molecule has 0 saturated heterocycles. The minimum absolute atomic E-state index is 0.284. The summed E-state index contributed by atoms with van der Waals surface area (Å²) in [5, 5.41) is 6.11. The summed E-state index contributed by atoms with van der Waals surface area (Å²) >= 11 is 8.65. The molecule has 1 amide bonds. The van der Waals surface area contributed by atoms with E-state index in [4.69, 9.17) is 17.0 Å². The molecular weight excluding hydrogens is 424 g/mol. The Morgan fingerprint density at radius 2 is 1.93 bits per heavy atom. The maximum absolute atomic E-state index is 12.6. The maximum Gasteiger partial charge on any atom is 0.261 e. The molecule has 0 heterocycles. The lowest BCUT2D eigenvalue weighted by atomic mass is 10.1. The van der Waals surface area contributed by atoms with Crippen LogP contribution in [-0.2, 0) is 6.42 Å². The van der Waals surface area contributed by atoms with Gasteiger partial charge in [-0.2, -0.15) is 0 Å². The lowest BCUT2D eigenvalue weighted by Gasteiger charge is -2.14. The van der Waals surface area contributed by atoms with Gasteiger partial charge in [-0.25, -0.2) is 0 Å². The Bertz CT molecular complexity index is 766. The van der Waals surface area contributed by atoms with Crippen LogP contribution in [0.4, 0.5) is 0 Å². The highest BCUT2D eigenvalue weighted by molar-refractivity contribution is 9.10. The average Bonchev–Trinajstić information content (AvgIpc) is 2.63. The van der Waals surface area contributed by atoms with Crippen molar-refractivity contribution in [2.45, 2.75) is 26.7 Å². The van der Waals surface area contributed by atoms with E-state index in [-0.39, 0.29) is 5.91 Å². The lowest BCUT2D eigenvalue weighted by Crippen LogP contribution is -2.40. The number of amides is 1. The molecule has 6 heteroatoms. The molecule has 144 valence electrons. The summed E-state index contributed by atoms with van der Waals surface area (Å²) < 4.78 is 6.61. The van der Waals surface area contributed by atoms with Crippen molar-refractivity contribution in [3.8, 4) is 5.75 Å². The number of rotatable bonds is 8. The molecule has 2 aromatic rings. The van der Waals surface area contributed by atoms with Crippen molar-refractivity contribution in [2.75, 3.05) is 13.2 Å². The van der Waals surface area contributed by atoms with Crippen LogP contribution in [0.2, 0.25) is 0 Å². The number of halogens is 1. The lowest BCUT2D eigenvalue weighted by molar-refractivity contribution is 0.0972. The number of carbonyl (C=O) groups excluding carboxylic acids is 1. The molecule has 0 unspecified atom stereocenters. The normalized spacial score (nSPS) is 10.5. The molecule has 0 spiro atoms. The second-order valence-corrected chi connectivity index (χ2v) is 7.94. The van der Waals surface area contributed by atoms with E-state index in [2.05, 4.69) is 52.5 Å². The minimum Gasteiger partial charge on any atom is -0.493 e. The monoisotopic (exact) mass is 448 g/mol. The highest BCUT2D eigenvalue weighted by Crippen LogP contribution is 2.23. The Morgan fingerprint density at radius 3 is 2.63 bits per heavy atom. The van der Waals surface area contributed by atoms with Crippen LogP contribution in [0.5, 0.6) is 5.75 Å². The van der Waals surface area contributed by atoms with Crippen LogP contribution < -0.4 is 15.4 Å². The molecule has 0 bridgehead atoms. The van der Waals surface area contributed by atoms with Gasteiger partial charge in [-0.3, -0.25) is 10.1 Å². The molecule has 0 saturated carbocycles. The molecule has 0 aliphatic heterocycles. The van der Waals surface area contributed by atoms with Crippen molar-refractivity contribution >= 4 is 39.2 Å². The summed E-state index contributed by atoms with van der Waals surface area (Å²) in [6, 6.07) is 15.5. The van der Waals surface area contributed by atoms with E-state index in [9.17, 15) is 4.79 Å². The summed E-state index contributed by atoms with van der Waals surface area (Å²) in [5.41, 5.74) is 1.67. The third kappa shape index (κ3) is 7.69. The molecule has 27 heavy (non-hydrogen) atoms. The first kappa shape index (κ1) is 21.4. The SMILES string of the molecule is CC(C)CCOc1ccc(Br)cc1C(=O)NC(=S)NCCc1ccccc1. The maximum atomic E-state index is 12.6. The van der Waals surface area contributed by atoms with E-state index in [1.54, 1.807) is 12.1 Å². The van der Waals surface area contributed by atoms with Gasteiger partial charge in [0, 0.05) is 11.0 Å². The number of nitrogens with one attached hydrogen (secondary N) is 2.